The van der Waals surface area contributed by atoms with Crippen molar-refractivity contribution in [3.8, 4) is 5.75 Å². The third-order valence-electron chi connectivity index (χ3n) is 9.28. The third-order valence-corrected chi connectivity index (χ3v) is 9.28. The van der Waals surface area contributed by atoms with Gasteiger partial charge < -0.3 is 25.0 Å². The van der Waals surface area contributed by atoms with Crippen LogP contribution in [0, 0.1) is 5.92 Å². The number of hydrogen-bond acceptors (Lipinski definition) is 5. The van der Waals surface area contributed by atoms with Gasteiger partial charge in [0.05, 0.1) is 5.60 Å². The number of carboxylic acid groups (broad SMARTS) is 2. The fourth-order valence-electron chi connectivity index (χ4n) is 7.13. The smallest absolute Gasteiger partial charge is 0.407 e. The lowest BCUT2D eigenvalue weighted by molar-refractivity contribution is -0.149. The van der Waals surface area contributed by atoms with E-state index in [9.17, 15) is 24.9 Å². The number of hydrogen-bond donors (Lipinski definition) is 3. The summed E-state index contributed by atoms with van der Waals surface area (Å²) in [5.41, 5.74) is 1.17. The van der Waals surface area contributed by atoms with E-state index in [0.717, 1.165) is 29.8 Å². The number of rotatable bonds is 6. The average molecular weight is 507 g/mol. The summed E-state index contributed by atoms with van der Waals surface area (Å²) in [6.07, 6.45) is 3.58. The number of fused-ring (bicyclic) bond motifs is 1. The van der Waals surface area contributed by atoms with E-state index in [4.69, 9.17) is 4.74 Å². The van der Waals surface area contributed by atoms with Gasteiger partial charge in [-0.2, -0.15) is 0 Å². The average Bonchev–Trinajstić information content (AvgIpc) is 3.71. The van der Waals surface area contributed by atoms with Crippen molar-refractivity contribution >= 4 is 12.1 Å². The molecule has 1 saturated carbocycles. The molecule has 8 nitrogen and oxygen atoms in total. The maximum atomic E-state index is 12.6. The van der Waals surface area contributed by atoms with Crippen molar-refractivity contribution in [2.24, 2.45) is 5.92 Å². The molecule has 1 amide bonds. The molecule has 4 aliphatic rings. The molecular formula is C29H34N2O6. The molecule has 3 atom stereocenters. The zero-order valence-electron chi connectivity index (χ0n) is 20.9. The van der Waals surface area contributed by atoms with Gasteiger partial charge in [-0.1, -0.05) is 30.3 Å². The zero-order valence-corrected chi connectivity index (χ0v) is 20.9. The largest absolute Gasteiger partial charge is 0.488 e. The number of amides is 1. The highest BCUT2D eigenvalue weighted by Crippen LogP contribution is 2.57. The number of nitrogens with zero attached hydrogens (tertiary/aromatic N) is 2. The molecule has 0 unspecified atom stereocenters. The lowest BCUT2D eigenvalue weighted by Crippen LogP contribution is -2.71. The number of likely N-dealkylation sites (tertiary alicyclic amines) is 2. The Balaban J connectivity index is 1.44. The molecule has 2 saturated heterocycles. The standard InChI is InChI=1S/C29H34N2O6/c32-26(33)22-14-21-15-25-29(36)10-13-30(27(34)35)11-8-28(29,9-12-31(25)17-19-6-7-19)23(21)16-24(22)37-18-20-4-2-1-3-5-20/h1-5,14,16,19,25,36H,6-13,15,17-18H2,(H,32,33)(H,34,35)/t25-,28+,29-/m1/s1. The van der Waals surface area contributed by atoms with Crippen molar-refractivity contribution in [1.82, 2.24) is 9.80 Å². The maximum absolute atomic E-state index is 12.6. The molecule has 0 spiro atoms. The third kappa shape index (κ3) is 4.07. The number of ether oxygens (including phenoxy) is 1. The molecule has 196 valence electrons. The van der Waals surface area contributed by atoms with Crippen molar-refractivity contribution in [3.05, 3.63) is 64.7 Å². The van der Waals surface area contributed by atoms with E-state index in [1.807, 2.05) is 36.4 Å². The lowest BCUT2D eigenvalue weighted by Gasteiger charge is -2.61. The fourth-order valence-corrected chi connectivity index (χ4v) is 7.13. The maximum Gasteiger partial charge on any atom is 0.407 e. The van der Waals surface area contributed by atoms with Crippen LogP contribution in [0.25, 0.3) is 0 Å². The van der Waals surface area contributed by atoms with Gasteiger partial charge in [-0.05, 0) is 79.8 Å². The van der Waals surface area contributed by atoms with E-state index in [1.54, 1.807) is 6.07 Å². The highest BCUT2D eigenvalue weighted by molar-refractivity contribution is 5.91. The first-order valence-electron chi connectivity index (χ1n) is 13.3. The first-order valence-corrected chi connectivity index (χ1v) is 13.3. The van der Waals surface area contributed by atoms with Crippen molar-refractivity contribution in [1.29, 1.82) is 0 Å². The summed E-state index contributed by atoms with van der Waals surface area (Å²) in [5, 5.41) is 32.4. The molecule has 2 aromatic carbocycles. The zero-order chi connectivity index (χ0) is 25.8. The molecule has 3 fully saturated rings. The predicted molar refractivity (Wildman–Crippen MR) is 136 cm³/mol. The Hall–Kier alpha value is -3.10. The number of aromatic carboxylic acids is 1. The predicted octanol–water partition coefficient (Wildman–Crippen LogP) is 3.75. The van der Waals surface area contributed by atoms with Gasteiger partial charge in [-0.25, -0.2) is 9.59 Å². The van der Waals surface area contributed by atoms with Crippen molar-refractivity contribution in [2.45, 2.75) is 62.2 Å². The van der Waals surface area contributed by atoms with E-state index in [1.165, 1.54) is 17.7 Å². The van der Waals surface area contributed by atoms with Gasteiger partial charge in [0.15, 0.2) is 0 Å². The SMILES string of the molecule is O=C(O)c1cc2c(cc1OCc1ccccc1)[C@@]13CCN(C(=O)O)CC[C@@]1(O)[C@@H](C2)N(CC1CC1)CC3. The van der Waals surface area contributed by atoms with Crippen LogP contribution in [0.4, 0.5) is 4.79 Å². The van der Waals surface area contributed by atoms with E-state index in [-0.39, 0.29) is 18.2 Å². The monoisotopic (exact) mass is 506 g/mol. The molecule has 2 heterocycles. The number of piperidine rings is 1. The minimum absolute atomic E-state index is 0.129. The van der Waals surface area contributed by atoms with Crippen LogP contribution in [0.3, 0.4) is 0 Å². The minimum atomic E-state index is -1.10. The van der Waals surface area contributed by atoms with E-state index >= 15 is 0 Å². The van der Waals surface area contributed by atoms with Gasteiger partial charge in [0.1, 0.15) is 17.9 Å². The van der Waals surface area contributed by atoms with Crippen LogP contribution in [0.1, 0.15) is 59.2 Å². The highest BCUT2D eigenvalue weighted by Gasteiger charge is 2.63. The summed E-state index contributed by atoms with van der Waals surface area (Å²) < 4.78 is 6.09. The Morgan fingerprint density at radius 2 is 1.73 bits per heavy atom. The van der Waals surface area contributed by atoms with Gasteiger partial charge in [0.25, 0.3) is 0 Å². The summed E-state index contributed by atoms with van der Waals surface area (Å²) >= 11 is 0. The van der Waals surface area contributed by atoms with Crippen LogP contribution < -0.4 is 4.74 Å². The van der Waals surface area contributed by atoms with Crippen LogP contribution >= 0.6 is 0 Å². The Morgan fingerprint density at radius 3 is 2.43 bits per heavy atom. The van der Waals surface area contributed by atoms with Crippen LogP contribution in [0.2, 0.25) is 0 Å². The summed E-state index contributed by atoms with van der Waals surface area (Å²) in [6.45, 7) is 2.65. The van der Waals surface area contributed by atoms with Crippen LogP contribution in [-0.4, -0.2) is 75.0 Å². The van der Waals surface area contributed by atoms with E-state index in [0.29, 0.717) is 50.4 Å². The highest BCUT2D eigenvalue weighted by atomic mass is 16.5. The van der Waals surface area contributed by atoms with Gasteiger partial charge in [0.2, 0.25) is 0 Å². The normalized spacial score (nSPS) is 29.1. The van der Waals surface area contributed by atoms with E-state index in [2.05, 4.69) is 4.90 Å². The molecule has 2 bridgehead atoms. The van der Waals surface area contributed by atoms with Crippen molar-refractivity contribution in [2.75, 3.05) is 26.2 Å². The summed E-state index contributed by atoms with van der Waals surface area (Å²) in [6, 6.07) is 13.0. The first-order chi connectivity index (χ1) is 17.8. The Labute approximate surface area is 216 Å². The number of benzene rings is 2. The molecule has 0 aromatic heterocycles. The van der Waals surface area contributed by atoms with Crippen LogP contribution in [0.5, 0.6) is 5.75 Å². The molecule has 2 aliphatic heterocycles. The van der Waals surface area contributed by atoms with Crippen molar-refractivity contribution < 1.29 is 29.6 Å². The minimum Gasteiger partial charge on any atom is -0.488 e. The number of carboxylic acids is 1. The van der Waals surface area contributed by atoms with Gasteiger partial charge >= 0.3 is 12.1 Å². The molecule has 2 aromatic rings. The fraction of sp³-hybridized carbons (Fsp3) is 0.517. The topological polar surface area (TPSA) is 111 Å². The second kappa shape index (κ2) is 9.03. The summed E-state index contributed by atoms with van der Waals surface area (Å²) in [5.74, 6) is -0.0886. The Morgan fingerprint density at radius 1 is 1.00 bits per heavy atom. The van der Waals surface area contributed by atoms with Crippen LogP contribution in [0.15, 0.2) is 42.5 Å². The molecule has 6 rings (SSSR count). The molecule has 0 radical (unpaired) electrons. The van der Waals surface area contributed by atoms with Gasteiger partial charge in [0, 0.05) is 31.1 Å². The molecule has 37 heavy (non-hydrogen) atoms. The second-order valence-electron chi connectivity index (χ2n) is 11.3. The van der Waals surface area contributed by atoms with Gasteiger partial charge in [-0.3, -0.25) is 4.90 Å². The summed E-state index contributed by atoms with van der Waals surface area (Å²) in [7, 11) is 0. The van der Waals surface area contributed by atoms with Crippen molar-refractivity contribution in [3.63, 3.8) is 0 Å². The molecule has 3 N–H and O–H groups in total. The van der Waals surface area contributed by atoms with Crippen LogP contribution in [-0.2, 0) is 18.4 Å². The quantitative estimate of drug-likeness (QED) is 0.547. The summed E-state index contributed by atoms with van der Waals surface area (Å²) in [4.78, 5) is 28.0. The molecular weight excluding hydrogens is 472 g/mol. The lowest BCUT2D eigenvalue weighted by atomic mass is 9.52. The Kier molecular flexibility index (Phi) is 5.92. The first kappa shape index (κ1) is 24.2. The van der Waals surface area contributed by atoms with E-state index < -0.39 is 23.1 Å². The molecule has 2 aliphatic carbocycles. The second-order valence-corrected chi connectivity index (χ2v) is 11.3. The number of carbonyl (C=O) groups is 2. The Bertz CT molecular complexity index is 1210. The number of aliphatic hydroxyl groups is 1. The van der Waals surface area contributed by atoms with Gasteiger partial charge in [-0.15, -0.1) is 0 Å². The molecule has 8 heteroatoms.